The van der Waals surface area contributed by atoms with Crippen molar-refractivity contribution in [3.05, 3.63) is 41.0 Å². The lowest BCUT2D eigenvalue weighted by Crippen LogP contribution is -2.48. The summed E-state index contributed by atoms with van der Waals surface area (Å²) in [6.45, 7) is 4.73. The maximum Gasteiger partial charge on any atom is 0.0938 e. The van der Waals surface area contributed by atoms with Crippen molar-refractivity contribution in [2.75, 3.05) is 26.2 Å². The van der Waals surface area contributed by atoms with E-state index in [1.807, 2.05) is 24.3 Å². The van der Waals surface area contributed by atoms with Gasteiger partial charge in [-0.05, 0) is 57.5 Å². The summed E-state index contributed by atoms with van der Waals surface area (Å²) >= 11 is 6.29. The van der Waals surface area contributed by atoms with Crippen LogP contribution in [0, 0.1) is 0 Å². The average Bonchev–Trinajstić information content (AvgIpc) is 3.13. The Morgan fingerprint density at radius 2 is 1.96 bits per heavy atom. The highest BCUT2D eigenvalue weighted by molar-refractivity contribution is 6.33. The lowest BCUT2D eigenvalue weighted by atomic mass is 9.91. The monoisotopic (exact) mass is 344 g/mol. The second-order valence-electron chi connectivity index (χ2n) is 7.00. The predicted molar refractivity (Wildman–Crippen MR) is 98.5 cm³/mol. The predicted octanol–water partition coefficient (Wildman–Crippen LogP) is 3.66. The van der Waals surface area contributed by atoms with Crippen molar-refractivity contribution in [3.8, 4) is 11.3 Å². The number of piperidine rings is 2. The van der Waals surface area contributed by atoms with Crippen LogP contribution in [-0.2, 0) is 0 Å². The minimum atomic E-state index is 0.585. The molecule has 4 rings (SSSR count). The van der Waals surface area contributed by atoms with E-state index in [0.717, 1.165) is 28.9 Å². The Hall–Kier alpha value is -1.36. The summed E-state index contributed by atoms with van der Waals surface area (Å²) in [5.41, 5.74) is 3.22. The second kappa shape index (κ2) is 7.26. The third kappa shape index (κ3) is 3.37. The van der Waals surface area contributed by atoms with E-state index in [4.69, 9.17) is 11.6 Å². The minimum Gasteiger partial charge on any atom is -0.315 e. The number of halogens is 1. The highest BCUT2D eigenvalue weighted by Crippen LogP contribution is 2.32. The smallest absolute Gasteiger partial charge is 0.0938 e. The molecule has 24 heavy (non-hydrogen) atoms. The molecule has 1 aromatic heterocycles. The number of nitrogens with zero attached hydrogens (tertiary/aromatic N) is 2. The van der Waals surface area contributed by atoms with Crippen LogP contribution in [0.25, 0.3) is 11.3 Å². The van der Waals surface area contributed by atoms with Gasteiger partial charge in [-0.2, -0.15) is 5.10 Å². The third-order valence-electron chi connectivity index (χ3n) is 5.50. The zero-order chi connectivity index (χ0) is 16.4. The first-order chi connectivity index (χ1) is 11.8. The number of aromatic amines is 1. The van der Waals surface area contributed by atoms with Gasteiger partial charge in [0.05, 0.1) is 10.7 Å². The van der Waals surface area contributed by atoms with Gasteiger partial charge in [-0.1, -0.05) is 29.8 Å². The number of hydrogen-bond acceptors (Lipinski definition) is 3. The summed E-state index contributed by atoms with van der Waals surface area (Å²) in [5, 5.41) is 12.0. The number of aromatic nitrogens is 2. The Bertz CT molecular complexity index is 670. The molecule has 2 aromatic rings. The fraction of sp³-hybridized carbons (Fsp3) is 0.526. The normalized spacial score (nSPS) is 23.5. The van der Waals surface area contributed by atoms with Crippen LogP contribution in [0.4, 0.5) is 0 Å². The molecule has 5 heteroatoms. The number of rotatable bonds is 3. The van der Waals surface area contributed by atoms with Crippen LogP contribution in [0.15, 0.2) is 30.3 Å². The van der Waals surface area contributed by atoms with Crippen molar-refractivity contribution < 1.29 is 0 Å². The van der Waals surface area contributed by atoms with Crippen molar-refractivity contribution in [3.63, 3.8) is 0 Å². The van der Waals surface area contributed by atoms with E-state index in [-0.39, 0.29) is 0 Å². The van der Waals surface area contributed by atoms with Crippen LogP contribution in [0.1, 0.15) is 37.3 Å². The van der Waals surface area contributed by atoms with Crippen molar-refractivity contribution in [2.24, 2.45) is 0 Å². The van der Waals surface area contributed by atoms with E-state index in [1.165, 1.54) is 51.0 Å². The number of H-pyrrole nitrogens is 1. The lowest BCUT2D eigenvalue weighted by Gasteiger charge is -2.39. The largest absolute Gasteiger partial charge is 0.315 e. The number of benzene rings is 1. The Morgan fingerprint density at radius 3 is 2.71 bits per heavy atom. The molecule has 0 aliphatic carbocycles. The van der Waals surface area contributed by atoms with Gasteiger partial charge in [-0.25, -0.2) is 0 Å². The number of nitrogens with one attached hydrogen (secondary N) is 2. The van der Waals surface area contributed by atoms with E-state index >= 15 is 0 Å². The molecular formula is C19H25ClN4. The van der Waals surface area contributed by atoms with Gasteiger partial charge >= 0.3 is 0 Å². The van der Waals surface area contributed by atoms with Gasteiger partial charge < -0.3 is 5.32 Å². The fourth-order valence-corrected chi connectivity index (χ4v) is 4.31. The molecule has 2 N–H and O–H groups in total. The van der Waals surface area contributed by atoms with E-state index in [2.05, 4.69) is 26.5 Å². The van der Waals surface area contributed by atoms with Crippen LogP contribution in [0.2, 0.25) is 5.02 Å². The second-order valence-corrected chi connectivity index (χ2v) is 7.41. The molecular weight excluding hydrogens is 320 g/mol. The van der Waals surface area contributed by atoms with Gasteiger partial charge in [0.1, 0.15) is 0 Å². The molecule has 2 aliphatic rings. The first-order valence-electron chi connectivity index (χ1n) is 9.06. The molecule has 1 unspecified atom stereocenters. The maximum atomic E-state index is 6.29. The Labute approximate surface area is 148 Å². The molecule has 4 nitrogen and oxygen atoms in total. The van der Waals surface area contributed by atoms with E-state index < -0.39 is 0 Å². The molecule has 2 fully saturated rings. The van der Waals surface area contributed by atoms with E-state index in [0.29, 0.717) is 5.92 Å². The van der Waals surface area contributed by atoms with Crippen molar-refractivity contribution >= 4 is 11.6 Å². The first-order valence-corrected chi connectivity index (χ1v) is 9.44. The van der Waals surface area contributed by atoms with Crippen LogP contribution in [-0.4, -0.2) is 47.3 Å². The van der Waals surface area contributed by atoms with Crippen LogP contribution >= 0.6 is 11.6 Å². The summed E-state index contributed by atoms with van der Waals surface area (Å²) in [6, 6.07) is 10.8. The fourth-order valence-electron chi connectivity index (χ4n) is 4.07. The molecule has 0 bridgehead atoms. The van der Waals surface area contributed by atoms with Gasteiger partial charge in [0.25, 0.3) is 0 Å². The zero-order valence-electron chi connectivity index (χ0n) is 14.0. The molecule has 0 spiro atoms. The topological polar surface area (TPSA) is 44.0 Å². The summed E-state index contributed by atoms with van der Waals surface area (Å²) < 4.78 is 0. The Kier molecular flexibility index (Phi) is 4.88. The van der Waals surface area contributed by atoms with Crippen molar-refractivity contribution in [1.82, 2.24) is 20.4 Å². The highest BCUT2D eigenvalue weighted by Gasteiger charge is 2.27. The standard InChI is InChI=1S/C19H25ClN4/c20-17-6-2-1-5-16(17)19-12-18(22-23-19)14-7-10-24(11-8-14)15-4-3-9-21-13-15/h1-2,5-6,12,14-15,21H,3-4,7-11,13H2,(H,22,23). The molecule has 0 saturated carbocycles. The van der Waals surface area contributed by atoms with Crippen molar-refractivity contribution in [2.45, 2.75) is 37.6 Å². The van der Waals surface area contributed by atoms with Gasteiger partial charge in [0.2, 0.25) is 0 Å². The summed E-state index contributed by atoms with van der Waals surface area (Å²) in [6.07, 6.45) is 5.08. The molecule has 1 aromatic carbocycles. The lowest BCUT2D eigenvalue weighted by molar-refractivity contribution is 0.129. The van der Waals surface area contributed by atoms with Crippen LogP contribution < -0.4 is 5.32 Å². The average molecular weight is 345 g/mol. The molecule has 2 saturated heterocycles. The quantitative estimate of drug-likeness (QED) is 0.893. The van der Waals surface area contributed by atoms with Gasteiger partial charge in [0, 0.05) is 29.8 Å². The first kappa shape index (κ1) is 16.1. The molecule has 0 radical (unpaired) electrons. The zero-order valence-corrected chi connectivity index (χ0v) is 14.7. The van der Waals surface area contributed by atoms with Gasteiger partial charge in [-0.15, -0.1) is 0 Å². The summed E-state index contributed by atoms with van der Waals surface area (Å²) in [7, 11) is 0. The Balaban J connectivity index is 1.40. The van der Waals surface area contributed by atoms with Gasteiger partial charge in [-0.3, -0.25) is 10.00 Å². The van der Waals surface area contributed by atoms with Crippen molar-refractivity contribution in [1.29, 1.82) is 0 Å². The van der Waals surface area contributed by atoms with E-state index in [1.54, 1.807) is 0 Å². The van der Waals surface area contributed by atoms with E-state index in [9.17, 15) is 0 Å². The van der Waals surface area contributed by atoms with Gasteiger partial charge in [0.15, 0.2) is 0 Å². The Morgan fingerprint density at radius 1 is 1.12 bits per heavy atom. The molecule has 0 amide bonds. The summed E-state index contributed by atoms with van der Waals surface area (Å²) in [4.78, 5) is 2.67. The summed E-state index contributed by atoms with van der Waals surface area (Å²) in [5.74, 6) is 0.585. The maximum absolute atomic E-state index is 6.29. The number of likely N-dealkylation sites (tertiary alicyclic amines) is 1. The molecule has 2 aliphatic heterocycles. The molecule has 1 atom stereocenters. The molecule has 128 valence electrons. The minimum absolute atomic E-state index is 0.585. The van der Waals surface area contributed by atoms with Crippen LogP contribution in [0.3, 0.4) is 0 Å². The molecule has 3 heterocycles. The highest BCUT2D eigenvalue weighted by atomic mass is 35.5. The number of hydrogen-bond donors (Lipinski definition) is 2. The SMILES string of the molecule is Clc1ccccc1-c1cc(C2CCN(C3CCCNC3)CC2)[nH]n1. The third-order valence-corrected chi connectivity index (χ3v) is 5.83. The van der Waals surface area contributed by atoms with Crippen LogP contribution in [0.5, 0.6) is 0 Å².